The summed E-state index contributed by atoms with van der Waals surface area (Å²) in [5.74, 6) is 0.102. The quantitative estimate of drug-likeness (QED) is 0.422. The van der Waals surface area contributed by atoms with Crippen molar-refractivity contribution in [3.8, 4) is 5.75 Å². The summed E-state index contributed by atoms with van der Waals surface area (Å²) in [6, 6.07) is 5.99. The van der Waals surface area contributed by atoms with Gasteiger partial charge in [-0.2, -0.15) is 0 Å². The number of halogens is 4. The van der Waals surface area contributed by atoms with Crippen LogP contribution in [0.25, 0.3) is 0 Å². The predicted molar refractivity (Wildman–Crippen MR) is 90.1 cm³/mol. The maximum absolute atomic E-state index is 12.4. The Bertz CT molecular complexity index is 599. The van der Waals surface area contributed by atoms with Crippen LogP contribution in [0.15, 0.2) is 24.3 Å². The summed E-state index contributed by atoms with van der Waals surface area (Å²) in [4.78, 5) is 24.4. The third-order valence-corrected chi connectivity index (χ3v) is 5.93. The van der Waals surface area contributed by atoms with Crippen molar-refractivity contribution < 1.29 is 14.3 Å². The van der Waals surface area contributed by atoms with Gasteiger partial charge in [0.05, 0.1) is 12.8 Å². The Balaban J connectivity index is 2.22. The van der Waals surface area contributed by atoms with E-state index in [4.69, 9.17) is 51.1 Å². The van der Waals surface area contributed by atoms with E-state index in [2.05, 4.69) is 0 Å². The van der Waals surface area contributed by atoms with E-state index in [0.717, 1.165) is 9.21 Å². The highest BCUT2D eigenvalue weighted by Crippen LogP contribution is 2.45. The van der Waals surface area contributed by atoms with Crippen LogP contribution in [-0.2, 0) is 4.79 Å². The molecule has 1 aliphatic rings. The molecule has 1 saturated heterocycles. The zero-order valence-electron chi connectivity index (χ0n) is 11.1. The molecule has 0 bridgehead atoms. The summed E-state index contributed by atoms with van der Waals surface area (Å²) >= 11 is 23.9. The molecule has 22 heavy (non-hydrogen) atoms. The van der Waals surface area contributed by atoms with E-state index in [-0.39, 0.29) is 6.54 Å². The van der Waals surface area contributed by atoms with Crippen molar-refractivity contribution in [2.24, 2.45) is 0 Å². The summed E-state index contributed by atoms with van der Waals surface area (Å²) in [5.41, 5.74) is 0.389. The number of imide groups is 1. The normalized spacial score (nSPS) is 15.9. The maximum Gasteiger partial charge on any atom is 0.341 e. The van der Waals surface area contributed by atoms with Crippen molar-refractivity contribution in [2.75, 3.05) is 18.6 Å². The lowest BCUT2D eigenvalue weighted by Crippen LogP contribution is -2.33. The summed E-state index contributed by atoms with van der Waals surface area (Å²) < 4.78 is 4.54. The van der Waals surface area contributed by atoms with Crippen LogP contribution in [0, 0.1) is 0 Å². The zero-order chi connectivity index (χ0) is 16.5. The molecule has 5 nitrogen and oxygen atoms in total. The van der Waals surface area contributed by atoms with E-state index >= 15 is 0 Å². The van der Waals surface area contributed by atoms with Gasteiger partial charge in [-0.25, -0.2) is 9.69 Å². The number of carbonyl (C=O) groups is 2. The molecule has 0 N–H and O–H groups in total. The lowest BCUT2D eigenvalue weighted by molar-refractivity contribution is -0.116. The Morgan fingerprint density at radius 1 is 1.32 bits per heavy atom. The third kappa shape index (κ3) is 3.68. The minimum absolute atomic E-state index is 0.192. The van der Waals surface area contributed by atoms with E-state index < -0.39 is 20.4 Å². The highest BCUT2D eigenvalue weighted by atomic mass is 35.5. The number of rotatable bonds is 5. The number of benzene rings is 1. The smallest absolute Gasteiger partial charge is 0.341 e. The van der Waals surface area contributed by atoms with Gasteiger partial charge >= 0.3 is 6.03 Å². The van der Waals surface area contributed by atoms with Crippen molar-refractivity contribution in [1.29, 1.82) is 0 Å². The molecular weight excluding hydrogens is 394 g/mol. The molecule has 1 aromatic carbocycles. The van der Waals surface area contributed by atoms with E-state index in [0.29, 0.717) is 23.4 Å². The van der Waals surface area contributed by atoms with Gasteiger partial charge in [0, 0.05) is 6.07 Å². The fourth-order valence-electron chi connectivity index (χ4n) is 1.74. The van der Waals surface area contributed by atoms with Crippen LogP contribution in [0.5, 0.6) is 5.75 Å². The molecule has 0 radical (unpaired) electrons. The van der Waals surface area contributed by atoms with Crippen molar-refractivity contribution in [2.45, 2.75) is 8.50 Å². The second kappa shape index (κ2) is 6.93. The number of ether oxygens (including phenoxy) is 1. The topological polar surface area (TPSA) is 49.9 Å². The first kappa shape index (κ1) is 17.8. The second-order valence-corrected chi connectivity index (χ2v) is 8.40. The highest BCUT2D eigenvalue weighted by Gasteiger charge is 2.44. The largest absolute Gasteiger partial charge is 0.497 e. The molecule has 0 spiro atoms. The first-order valence-corrected chi connectivity index (χ1v) is 8.30. The number of alkyl halides is 4. The molecule has 0 aliphatic carbocycles. The minimum atomic E-state index is -1.65. The van der Waals surface area contributed by atoms with Gasteiger partial charge in [-0.05, 0) is 24.1 Å². The van der Waals surface area contributed by atoms with Crippen molar-refractivity contribution in [3.05, 3.63) is 24.3 Å². The molecular formula is C12H10Cl4N2O3S. The van der Waals surface area contributed by atoms with Gasteiger partial charge in [0.2, 0.25) is 3.67 Å². The Morgan fingerprint density at radius 2 is 2.00 bits per heavy atom. The highest BCUT2D eigenvalue weighted by molar-refractivity contribution is 8.01. The van der Waals surface area contributed by atoms with Gasteiger partial charge in [-0.15, -0.1) is 23.2 Å². The van der Waals surface area contributed by atoms with Crippen LogP contribution < -0.4 is 9.64 Å². The summed E-state index contributed by atoms with van der Waals surface area (Å²) in [7, 11) is 1.49. The number of urea groups is 1. The molecule has 1 aliphatic heterocycles. The van der Waals surface area contributed by atoms with E-state index in [9.17, 15) is 9.59 Å². The third-order valence-electron chi connectivity index (χ3n) is 2.73. The molecule has 2 rings (SSSR count). The molecule has 0 aromatic heterocycles. The summed E-state index contributed by atoms with van der Waals surface area (Å²) in [6.07, 6.45) is 0. The average Bonchev–Trinajstić information content (AvgIpc) is 2.72. The standard InChI is InChI=1S/C12H10Cl4N2O3S/c1-21-8-4-2-3-7(5-8)18-9(19)6-17(11(18)20)22-12(15,16)10(13)14/h2-5,10H,6H2,1H3. The predicted octanol–water partition coefficient (Wildman–Crippen LogP) is 4.05. The Morgan fingerprint density at radius 3 is 2.59 bits per heavy atom. The zero-order valence-corrected chi connectivity index (χ0v) is 15.0. The van der Waals surface area contributed by atoms with E-state index in [1.54, 1.807) is 24.3 Å². The second-order valence-electron chi connectivity index (χ2n) is 4.20. The molecule has 3 amide bonds. The average molecular weight is 404 g/mol. The monoisotopic (exact) mass is 402 g/mol. The van der Waals surface area contributed by atoms with E-state index in [1.165, 1.54) is 7.11 Å². The van der Waals surface area contributed by atoms with Crippen molar-refractivity contribution in [3.63, 3.8) is 0 Å². The van der Waals surface area contributed by atoms with Crippen molar-refractivity contribution >= 4 is 76.0 Å². The first-order chi connectivity index (χ1) is 10.3. The Hall–Kier alpha value is -0.530. The lowest BCUT2D eigenvalue weighted by atomic mass is 10.3. The molecule has 1 fully saturated rings. The van der Waals surface area contributed by atoms with E-state index in [1.807, 2.05) is 0 Å². The van der Waals surface area contributed by atoms with Crippen LogP contribution in [0.4, 0.5) is 10.5 Å². The summed E-state index contributed by atoms with van der Waals surface area (Å²) in [5, 5.41) is 0. The number of amides is 3. The maximum atomic E-state index is 12.4. The van der Waals surface area contributed by atoms with Crippen LogP contribution in [-0.4, -0.2) is 38.4 Å². The van der Waals surface area contributed by atoms with Gasteiger partial charge in [0.25, 0.3) is 5.91 Å². The first-order valence-electron chi connectivity index (χ1n) is 5.90. The van der Waals surface area contributed by atoms with Crippen LogP contribution in [0.2, 0.25) is 0 Å². The van der Waals surface area contributed by atoms with Crippen LogP contribution >= 0.6 is 58.4 Å². The number of anilines is 1. The molecule has 120 valence electrons. The van der Waals surface area contributed by atoms with Gasteiger partial charge in [0.15, 0.2) is 4.84 Å². The number of methoxy groups -OCH3 is 1. The molecule has 1 heterocycles. The molecule has 0 saturated carbocycles. The Labute approximate surface area is 151 Å². The Kier molecular flexibility index (Phi) is 5.61. The fraction of sp³-hybridized carbons (Fsp3) is 0.333. The van der Waals surface area contributed by atoms with Crippen LogP contribution in [0.3, 0.4) is 0 Å². The van der Waals surface area contributed by atoms with Gasteiger partial charge in [0.1, 0.15) is 12.3 Å². The molecule has 0 unspecified atom stereocenters. The molecule has 1 aromatic rings. The van der Waals surface area contributed by atoms with Crippen molar-refractivity contribution in [1.82, 2.24) is 4.31 Å². The van der Waals surface area contributed by atoms with Gasteiger partial charge < -0.3 is 4.74 Å². The number of carbonyl (C=O) groups excluding carboxylic acids is 2. The number of hydrogen-bond donors (Lipinski definition) is 0. The molecule has 0 atom stereocenters. The SMILES string of the molecule is COc1cccc(N2C(=O)CN(SC(Cl)(Cl)C(Cl)Cl)C2=O)c1. The fourth-order valence-corrected chi connectivity index (χ4v) is 3.19. The minimum Gasteiger partial charge on any atom is -0.497 e. The summed E-state index contributed by atoms with van der Waals surface area (Å²) in [6.45, 7) is -0.192. The number of nitrogens with zero attached hydrogens (tertiary/aromatic N) is 2. The number of hydrogen-bond acceptors (Lipinski definition) is 4. The molecule has 10 heteroatoms. The lowest BCUT2D eigenvalue weighted by Gasteiger charge is -2.24. The van der Waals surface area contributed by atoms with Gasteiger partial charge in [-0.3, -0.25) is 9.10 Å². The van der Waals surface area contributed by atoms with Crippen LogP contribution in [0.1, 0.15) is 0 Å². The van der Waals surface area contributed by atoms with Gasteiger partial charge in [-0.1, -0.05) is 29.3 Å².